The van der Waals surface area contributed by atoms with Crippen molar-refractivity contribution < 1.29 is 14.3 Å². The maximum atomic E-state index is 12.2. The smallest absolute Gasteiger partial charge is 0.319 e. The maximum absolute atomic E-state index is 12.2. The average Bonchev–Trinajstić information content (AvgIpc) is 2.53. The van der Waals surface area contributed by atoms with Gasteiger partial charge in [0.2, 0.25) is 0 Å². The lowest BCUT2D eigenvalue weighted by Crippen LogP contribution is -2.41. The highest BCUT2D eigenvalue weighted by Crippen LogP contribution is 2.29. The van der Waals surface area contributed by atoms with Crippen LogP contribution < -0.4 is 14.8 Å². The van der Waals surface area contributed by atoms with Crippen molar-refractivity contribution >= 4 is 6.03 Å². The highest BCUT2D eigenvalue weighted by Gasteiger charge is 2.18. The largest absolute Gasteiger partial charge is 0.497 e. The minimum atomic E-state index is -0.318. The molecule has 0 aliphatic heterocycles. The fourth-order valence-corrected chi connectivity index (χ4v) is 1.95. The third-order valence-electron chi connectivity index (χ3n) is 3.10. The normalized spacial score (nSPS) is 10.8. The Kier molecular flexibility index (Phi) is 6.66. The maximum Gasteiger partial charge on any atom is 0.319 e. The molecule has 2 amide bonds. The minimum Gasteiger partial charge on any atom is -0.497 e. The topological polar surface area (TPSA) is 50.8 Å². The van der Waals surface area contributed by atoms with E-state index in [2.05, 4.69) is 17.2 Å². The number of carbonyl (C=O) groups excluding carboxylic acids is 1. The number of carbonyl (C=O) groups is 1. The molecule has 0 aliphatic carbocycles. The lowest BCUT2D eigenvalue weighted by molar-refractivity contribution is 0.206. The van der Waals surface area contributed by atoms with E-state index < -0.39 is 0 Å². The molecule has 1 N–H and O–H groups in total. The molecule has 1 aromatic carbocycles. The number of ether oxygens (including phenoxy) is 2. The van der Waals surface area contributed by atoms with E-state index in [1.807, 2.05) is 13.0 Å². The van der Waals surface area contributed by atoms with E-state index in [4.69, 9.17) is 22.3 Å². The van der Waals surface area contributed by atoms with Gasteiger partial charge in [0.15, 0.2) is 0 Å². The van der Waals surface area contributed by atoms with Crippen molar-refractivity contribution in [2.45, 2.75) is 13.0 Å². The van der Waals surface area contributed by atoms with Crippen LogP contribution >= 0.6 is 0 Å². The van der Waals surface area contributed by atoms with E-state index in [0.717, 1.165) is 5.56 Å². The van der Waals surface area contributed by atoms with E-state index >= 15 is 0 Å². The lowest BCUT2D eigenvalue weighted by Gasteiger charge is -2.23. The van der Waals surface area contributed by atoms with E-state index in [0.29, 0.717) is 11.5 Å². The molecular formula is C17H20N2O3. The van der Waals surface area contributed by atoms with Crippen molar-refractivity contribution in [3.05, 3.63) is 23.8 Å². The van der Waals surface area contributed by atoms with E-state index in [1.165, 1.54) is 4.90 Å². The van der Waals surface area contributed by atoms with Crippen molar-refractivity contribution in [2.75, 3.05) is 27.3 Å². The highest BCUT2D eigenvalue weighted by atomic mass is 16.5. The van der Waals surface area contributed by atoms with Gasteiger partial charge in [0.1, 0.15) is 11.5 Å². The summed E-state index contributed by atoms with van der Waals surface area (Å²) < 4.78 is 10.5. The SMILES string of the molecule is C#CCN(CC#C)C(=O)NC(C)c1ccc(OC)cc1OC. The van der Waals surface area contributed by atoms with Gasteiger partial charge >= 0.3 is 6.03 Å². The molecule has 0 spiro atoms. The number of amides is 2. The second kappa shape index (κ2) is 8.49. The van der Waals surface area contributed by atoms with E-state index in [-0.39, 0.29) is 25.2 Å². The Balaban J connectivity index is 2.88. The number of nitrogens with zero attached hydrogens (tertiary/aromatic N) is 1. The summed E-state index contributed by atoms with van der Waals surface area (Å²) in [5.41, 5.74) is 0.831. The second-order valence-electron chi connectivity index (χ2n) is 4.54. The van der Waals surface area contributed by atoms with Gasteiger partial charge in [-0.15, -0.1) is 12.8 Å². The van der Waals surface area contributed by atoms with Crippen LogP contribution in [0.2, 0.25) is 0 Å². The number of terminal acetylenes is 2. The average molecular weight is 300 g/mol. The van der Waals surface area contributed by atoms with E-state index in [9.17, 15) is 4.79 Å². The van der Waals surface area contributed by atoms with E-state index in [1.54, 1.807) is 26.4 Å². The fourth-order valence-electron chi connectivity index (χ4n) is 1.95. The summed E-state index contributed by atoms with van der Waals surface area (Å²) in [6.45, 7) is 2.16. The van der Waals surface area contributed by atoms with Crippen LogP contribution in [0.5, 0.6) is 11.5 Å². The number of rotatable bonds is 6. The Morgan fingerprint density at radius 1 is 1.27 bits per heavy atom. The molecule has 0 aliphatic rings. The first-order valence-electron chi connectivity index (χ1n) is 6.71. The quantitative estimate of drug-likeness (QED) is 0.818. The molecule has 0 fully saturated rings. The van der Waals surface area contributed by atoms with Crippen molar-refractivity contribution in [1.29, 1.82) is 0 Å². The van der Waals surface area contributed by atoms with Crippen molar-refractivity contribution in [1.82, 2.24) is 10.2 Å². The summed E-state index contributed by atoms with van der Waals surface area (Å²) in [6, 6.07) is 4.82. The molecule has 116 valence electrons. The molecule has 1 unspecified atom stereocenters. The first-order chi connectivity index (χ1) is 10.6. The predicted octanol–water partition coefficient (Wildman–Crippen LogP) is 2.04. The number of nitrogens with one attached hydrogen (secondary N) is 1. The Bertz CT molecular complexity index is 583. The Morgan fingerprint density at radius 2 is 1.91 bits per heavy atom. The molecule has 0 saturated heterocycles. The van der Waals surface area contributed by atoms with Gasteiger partial charge in [-0.3, -0.25) is 0 Å². The summed E-state index contributed by atoms with van der Waals surface area (Å²) in [5, 5.41) is 2.85. The number of urea groups is 1. The molecule has 0 radical (unpaired) electrons. The van der Waals surface area contributed by atoms with Crippen LogP contribution in [0.25, 0.3) is 0 Å². The Morgan fingerprint density at radius 3 is 2.41 bits per heavy atom. The molecule has 22 heavy (non-hydrogen) atoms. The standard InChI is InChI=1S/C17H20N2O3/c1-6-10-19(11-7-2)17(20)18-13(3)15-9-8-14(21-4)12-16(15)22-5/h1-2,8-9,12-13H,10-11H2,3-5H3,(H,18,20). The number of hydrogen-bond donors (Lipinski definition) is 1. The molecule has 5 nitrogen and oxygen atoms in total. The summed E-state index contributed by atoms with van der Waals surface area (Å²) in [7, 11) is 3.15. The van der Waals surface area contributed by atoms with Gasteiger partial charge in [-0.2, -0.15) is 0 Å². The summed E-state index contributed by atoms with van der Waals surface area (Å²) in [6.07, 6.45) is 10.5. The van der Waals surface area contributed by atoms with Gasteiger partial charge < -0.3 is 19.7 Å². The highest BCUT2D eigenvalue weighted by molar-refractivity contribution is 5.75. The number of benzene rings is 1. The summed E-state index contributed by atoms with van der Waals surface area (Å²) in [4.78, 5) is 13.6. The van der Waals surface area contributed by atoms with Gasteiger partial charge in [0.25, 0.3) is 0 Å². The van der Waals surface area contributed by atoms with Crippen LogP contribution in [0.3, 0.4) is 0 Å². The third kappa shape index (κ3) is 4.36. The van der Waals surface area contributed by atoms with Crippen LogP contribution in [0, 0.1) is 24.7 Å². The van der Waals surface area contributed by atoms with Gasteiger partial charge in [0.05, 0.1) is 33.4 Å². The van der Waals surface area contributed by atoms with Crippen molar-refractivity contribution in [2.24, 2.45) is 0 Å². The van der Waals surface area contributed by atoms with Crippen molar-refractivity contribution in [3.63, 3.8) is 0 Å². The zero-order valence-corrected chi connectivity index (χ0v) is 13.1. The number of hydrogen-bond acceptors (Lipinski definition) is 3. The number of methoxy groups -OCH3 is 2. The minimum absolute atomic E-state index is 0.155. The van der Waals surface area contributed by atoms with Crippen molar-refractivity contribution in [3.8, 4) is 36.2 Å². The fraction of sp³-hybridized carbons (Fsp3) is 0.353. The molecule has 5 heteroatoms. The molecule has 1 aromatic rings. The Labute approximate surface area is 131 Å². The lowest BCUT2D eigenvalue weighted by atomic mass is 10.1. The van der Waals surface area contributed by atoms with Crippen LogP contribution in [-0.2, 0) is 0 Å². The molecule has 0 bridgehead atoms. The molecule has 0 heterocycles. The molecule has 0 aromatic heterocycles. The summed E-state index contributed by atoms with van der Waals surface area (Å²) >= 11 is 0. The first kappa shape index (κ1) is 17.3. The van der Waals surface area contributed by atoms with Gasteiger partial charge in [-0.25, -0.2) is 4.79 Å². The van der Waals surface area contributed by atoms with Crippen LogP contribution in [0.15, 0.2) is 18.2 Å². The van der Waals surface area contributed by atoms with Gasteiger partial charge in [-0.05, 0) is 19.1 Å². The Hall–Kier alpha value is -2.79. The molecule has 1 atom stereocenters. The predicted molar refractivity (Wildman–Crippen MR) is 85.7 cm³/mol. The van der Waals surface area contributed by atoms with Crippen LogP contribution in [0.4, 0.5) is 4.79 Å². The zero-order valence-electron chi connectivity index (χ0n) is 13.1. The molecule has 1 rings (SSSR count). The zero-order chi connectivity index (χ0) is 16.5. The summed E-state index contributed by atoms with van der Waals surface area (Å²) in [5.74, 6) is 6.14. The second-order valence-corrected chi connectivity index (χ2v) is 4.54. The van der Waals surface area contributed by atoms with Gasteiger partial charge in [0, 0.05) is 11.6 Å². The van der Waals surface area contributed by atoms with Gasteiger partial charge in [-0.1, -0.05) is 11.8 Å². The van der Waals surface area contributed by atoms with Crippen LogP contribution in [-0.4, -0.2) is 38.2 Å². The molecule has 0 saturated carbocycles. The molecular weight excluding hydrogens is 280 g/mol. The first-order valence-corrected chi connectivity index (χ1v) is 6.71. The van der Waals surface area contributed by atoms with Crippen LogP contribution in [0.1, 0.15) is 18.5 Å². The third-order valence-corrected chi connectivity index (χ3v) is 3.10. The monoisotopic (exact) mass is 300 g/mol.